The highest BCUT2D eigenvalue weighted by Gasteiger charge is 2.42. The number of ether oxygens (including phenoxy) is 2. The zero-order valence-corrected chi connectivity index (χ0v) is 10.9. The zero-order valence-electron chi connectivity index (χ0n) is 10.9. The Labute approximate surface area is 105 Å². The lowest BCUT2D eigenvalue weighted by Crippen LogP contribution is -2.46. The molecule has 0 aliphatic carbocycles. The van der Waals surface area contributed by atoms with E-state index in [1.165, 1.54) is 19.0 Å². The van der Waals surface area contributed by atoms with Gasteiger partial charge >= 0.3 is 0 Å². The fourth-order valence-corrected chi connectivity index (χ4v) is 1.67. The Bertz CT molecular complexity index is 365. The first-order chi connectivity index (χ1) is 8.28. The summed E-state index contributed by atoms with van der Waals surface area (Å²) in [5.41, 5.74) is 8.47. The zero-order chi connectivity index (χ0) is 13.9. The van der Waals surface area contributed by atoms with E-state index in [-0.39, 0.29) is 6.61 Å². The minimum atomic E-state index is -1.24. The largest absolute Gasteiger partial charge is 0.389 e. The van der Waals surface area contributed by atoms with Crippen molar-refractivity contribution in [3.8, 4) is 0 Å². The van der Waals surface area contributed by atoms with Gasteiger partial charge in [-0.2, -0.15) is 0 Å². The van der Waals surface area contributed by atoms with Gasteiger partial charge in [-0.05, 0) is 19.4 Å². The Hall–Kier alpha value is -1.34. The Kier molecular flexibility index (Phi) is 4.53. The average molecular weight is 258 g/mol. The first-order valence-corrected chi connectivity index (χ1v) is 5.53. The van der Waals surface area contributed by atoms with E-state index in [0.29, 0.717) is 0 Å². The second-order valence-electron chi connectivity index (χ2n) is 4.74. The summed E-state index contributed by atoms with van der Waals surface area (Å²) in [6.07, 6.45) is -1.93. The lowest BCUT2D eigenvalue weighted by atomic mass is 10.1. The van der Waals surface area contributed by atoms with Crippen LogP contribution in [0.2, 0.25) is 0 Å². The molecule has 1 heterocycles. The molecule has 1 amide bonds. The average Bonchev–Trinajstić information content (AvgIpc) is 2.64. The van der Waals surface area contributed by atoms with Crippen LogP contribution in [0.5, 0.6) is 0 Å². The maximum atomic E-state index is 11.8. The molecule has 1 N–H and O–H groups in total. The Morgan fingerprint density at radius 3 is 2.61 bits per heavy atom. The van der Waals surface area contributed by atoms with Crippen LogP contribution in [0.3, 0.4) is 0 Å². The predicted molar refractivity (Wildman–Crippen MR) is 62.5 cm³/mol. The first kappa shape index (κ1) is 14.7. The van der Waals surface area contributed by atoms with Gasteiger partial charge in [-0.1, -0.05) is 5.11 Å². The quantitative estimate of drug-likeness (QED) is 0.443. The number of carbonyl (C=O) groups is 1. The van der Waals surface area contributed by atoms with Crippen molar-refractivity contribution in [2.75, 3.05) is 20.7 Å². The number of azide groups is 1. The summed E-state index contributed by atoms with van der Waals surface area (Å²) >= 11 is 0. The molecule has 1 aliphatic heterocycles. The highest BCUT2D eigenvalue weighted by atomic mass is 16.7. The van der Waals surface area contributed by atoms with E-state index >= 15 is 0 Å². The van der Waals surface area contributed by atoms with Gasteiger partial charge in [0, 0.05) is 19.0 Å². The van der Waals surface area contributed by atoms with Crippen molar-refractivity contribution in [3.63, 3.8) is 0 Å². The van der Waals surface area contributed by atoms with E-state index in [2.05, 4.69) is 10.0 Å². The lowest BCUT2D eigenvalue weighted by Gasteiger charge is -2.25. The van der Waals surface area contributed by atoms with Gasteiger partial charge in [-0.15, -0.1) is 0 Å². The molecule has 8 heteroatoms. The van der Waals surface area contributed by atoms with Gasteiger partial charge in [-0.25, -0.2) is 0 Å². The molecule has 18 heavy (non-hydrogen) atoms. The van der Waals surface area contributed by atoms with Crippen LogP contribution in [0, 0.1) is 0 Å². The van der Waals surface area contributed by atoms with Crippen molar-refractivity contribution in [1.29, 1.82) is 0 Å². The van der Waals surface area contributed by atoms with Gasteiger partial charge in [0.1, 0.15) is 12.1 Å². The topological polar surface area (TPSA) is 108 Å². The Balaban J connectivity index is 2.81. The number of hydrogen-bond donors (Lipinski definition) is 1. The standard InChI is InChI=1S/C10H18N4O4/c1-10(2)17-5-6(18-10)8(15)7(12-13-11)9(16)14(3)4/h6-8,15H,5H2,1-4H3/t6-,7+,8-/m1/s1. The maximum Gasteiger partial charge on any atom is 0.233 e. The molecule has 0 aromatic carbocycles. The van der Waals surface area contributed by atoms with Gasteiger partial charge in [0.25, 0.3) is 0 Å². The van der Waals surface area contributed by atoms with Crippen molar-refractivity contribution in [3.05, 3.63) is 10.4 Å². The van der Waals surface area contributed by atoms with Crippen molar-refractivity contribution in [1.82, 2.24) is 4.90 Å². The van der Waals surface area contributed by atoms with Gasteiger partial charge in [0.15, 0.2) is 5.79 Å². The van der Waals surface area contributed by atoms with Crippen LogP contribution in [-0.4, -0.2) is 60.7 Å². The van der Waals surface area contributed by atoms with Crippen LogP contribution in [0.25, 0.3) is 10.4 Å². The van der Waals surface area contributed by atoms with Gasteiger partial charge in [0.05, 0.1) is 12.7 Å². The second-order valence-corrected chi connectivity index (χ2v) is 4.74. The number of hydrogen-bond acceptors (Lipinski definition) is 5. The van der Waals surface area contributed by atoms with Crippen molar-refractivity contribution >= 4 is 5.91 Å². The number of aliphatic hydroxyl groups excluding tert-OH is 1. The third kappa shape index (κ3) is 3.33. The minimum absolute atomic E-state index is 0.145. The van der Waals surface area contributed by atoms with E-state index in [4.69, 9.17) is 15.0 Å². The Morgan fingerprint density at radius 2 is 2.22 bits per heavy atom. The number of aliphatic hydroxyl groups is 1. The fourth-order valence-electron chi connectivity index (χ4n) is 1.67. The summed E-state index contributed by atoms with van der Waals surface area (Å²) in [5.74, 6) is -1.29. The first-order valence-electron chi connectivity index (χ1n) is 5.53. The molecule has 1 aliphatic rings. The highest BCUT2D eigenvalue weighted by Crippen LogP contribution is 2.26. The van der Waals surface area contributed by atoms with E-state index in [1.54, 1.807) is 13.8 Å². The van der Waals surface area contributed by atoms with E-state index in [0.717, 1.165) is 0 Å². The number of rotatable bonds is 4. The van der Waals surface area contributed by atoms with Crippen LogP contribution in [0.15, 0.2) is 5.11 Å². The maximum absolute atomic E-state index is 11.8. The molecule has 8 nitrogen and oxygen atoms in total. The lowest BCUT2D eigenvalue weighted by molar-refractivity contribution is -0.156. The van der Waals surface area contributed by atoms with E-state index in [1.807, 2.05) is 0 Å². The summed E-state index contributed by atoms with van der Waals surface area (Å²) in [7, 11) is 3.04. The van der Waals surface area contributed by atoms with Crippen LogP contribution in [-0.2, 0) is 14.3 Å². The molecule has 0 saturated carbocycles. The molecule has 0 spiro atoms. The fraction of sp³-hybridized carbons (Fsp3) is 0.900. The third-order valence-electron chi connectivity index (χ3n) is 2.60. The van der Waals surface area contributed by atoms with Gasteiger partial charge in [-0.3, -0.25) is 4.79 Å². The molecule has 3 atom stereocenters. The summed E-state index contributed by atoms with van der Waals surface area (Å²) in [6, 6.07) is -1.22. The molecule has 0 aromatic rings. The molecule has 102 valence electrons. The highest BCUT2D eigenvalue weighted by molar-refractivity contribution is 5.82. The molecule has 1 rings (SSSR count). The molecule has 0 aromatic heterocycles. The molecule has 1 fully saturated rings. The Morgan fingerprint density at radius 1 is 1.61 bits per heavy atom. The van der Waals surface area contributed by atoms with Crippen molar-refractivity contribution in [2.24, 2.45) is 5.11 Å². The summed E-state index contributed by atoms with van der Waals surface area (Å²) in [6.45, 7) is 3.55. The number of carbonyl (C=O) groups excluding carboxylic acids is 1. The van der Waals surface area contributed by atoms with Crippen LogP contribution < -0.4 is 0 Å². The second kappa shape index (κ2) is 5.53. The third-order valence-corrected chi connectivity index (χ3v) is 2.60. The molecule has 0 radical (unpaired) electrons. The summed E-state index contributed by atoms with van der Waals surface area (Å²) in [5, 5.41) is 13.4. The van der Waals surface area contributed by atoms with Crippen LogP contribution in [0.1, 0.15) is 13.8 Å². The van der Waals surface area contributed by atoms with E-state index < -0.39 is 29.9 Å². The van der Waals surface area contributed by atoms with Crippen molar-refractivity contribution in [2.45, 2.75) is 37.9 Å². The van der Waals surface area contributed by atoms with Crippen LogP contribution >= 0.6 is 0 Å². The van der Waals surface area contributed by atoms with E-state index in [9.17, 15) is 9.90 Å². The molecule has 0 unspecified atom stereocenters. The smallest absolute Gasteiger partial charge is 0.233 e. The van der Waals surface area contributed by atoms with Gasteiger partial charge in [0.2, 0.25) is 5.91 Å². The molecule has 1 saturated heterocycles. The SMILES string of the molecule is CN(C)C(=O)[C@@H](N=[N+]=[N-])[C@H](O)[C@H]1COC(C)(C)O1. The normalized spacial score (nSPS) is 25.1. The molecular formula is C10H18N4O4. The molecular weight excluding hydrogens is 240 g/mol. The predicted octanol–water partition coefficient (Wildman–Crippen LogP) is 0.266. The summed E-state index contributed by atoms with van der Waals surface area (Å²) < 4.78 is 10.7. The summed E-state index contributed by atoms with van der Waals surface area (Å²) in [4.78, 5) is 15.6. The number of amides is 1. The van der Waals surface area contributed by atoms with Gasteiger partial charge < -0.3 is 19.5 Å². The minimum Gasteiger partial charge on any atom is -0.389 e. The molecule has 0 bridgehead atoms. The van der Waals surface area contributed by atoms with Crippen molar-refractivity contribution < 1.29 is 19.4 Å². The van der Waals surface area contributed by atoms with Crippen LogP contribution in [0.4, 0.5) is 0 Å². The number of likely N-dealkylation sites (N-methyl/N-ethyl adjacent to an activating group) is 1. The monoisotopic (exact) mass is 258 g/mol. The number of nitrogens with zero attached hydrogens (tertiary/aromatic N) is 4.